The number of hydrogen-bond donors (Lipinski definition) is 1. The van der Waals surface area contributed by atoms with Crippen LogP contribution in [0.15, 0.2) is 28.6 Å². The highest BCUT2D eigenvalue weighted by Crippen LogP contribution is 2.41. The third-order valence-electron chi connectivity index (χ3n) is 5.46. The molecule has 3 aromatic heterocycles. The Hall–Kier alpha value is -2.48. The van der Waals surface area contributed by atoms with Crippen LogP contribution in [0.5, 0.6) is 0 Å². The van der Waals surface area contributed by atoms with Crippen LogP contribution in [0.3, 0.4) is 0 Å². The summed E-state index contributed by atoms with van der Waals surface area (Å²) in [6.45, 7) is 1.64. The molecule has 0 radical (unpaired) electrons. The molecule has 1 saturated heterocycles. The van der Waals surface area contributed by atoms with Crippen molar-refractivity contribution in [1.82, 2.24) is 24.6 Å². The van der Waals surface area contributed by atoms with Gasteiger partial charge in [-0.3, -0.25) is 14.6 Å². The van der Waals surface area contributed by atoms with Crippen molar-refractivity contribution in [2.75, 3.05) is 13.1 Å². The lowest BCUT2D eigenvalue weighted by Crippen LogP contribution is -2.38. The Morgan fingerprint density at radius 3 is 2.73 bits per heavy atom. The van der Waals surface area contributed by atoms with Crippen LogP contribution in [0.2, 0.25) is 0 Å². The molecule has 2 aliphatic rings. The molecule has 26 heavy (non-hydrogen) atoms. The summed E-state index contributed by atoms with van der Waals surface area (Å²) in [5.74, 6) is 2.04. The zero-order chi connectivity index (χ0) is 17.7. The van der Waals surface area contributed by atoms with Crippen LogP contribution >= 0.6 is 11.3 Å². The number of aromatic nitrogens is 4. The highest BCUT2D eigenvalue weighted by molar-refractivity contribution is 7.17. The second-order valence-corrected chi connectivity index (χ2v) is 8.08. The van der Waals surface area contributed by atoms with Gasteiger partial charge >= 0.3 is 0 Å². The van der Waals surface area contributed by atoms with Crippen molar-refractivity contribution in [1.29, 1.82) is 0 Å². The number of H-pyrrole nitrogens is 1. The van der Waals surface area contributed by atoms with E-state index in [0.29, 0.717) is 21.7 Å². The smallest absolute Gasteiger partial charge is 0.270 e. The fourth-order valence-electron chi connectivity index (χ4n) is 3.84. The summed E-state index contributed by atoms with van der Waals surface area (Å²) in [6.07, 6.45) is 8.14. The normalized spacial score (nSPS) is 18.5. The molecule has 1 amide bonds. The zero-order valence-corrected chi connectivity index (χ0v) is 15.0. The van der Waals surface area contributed by atoms with Crippen LogP contribution in [-0.4, -0.2) is 43.6 Å². The molecular weight excluding hydrogens is 350 g/mol. The number of fused-ring (bicyclic) bond motifs is 1. The number of rotatable bonds is 3. The Labute approximate surface area is 153 Å². The van der Waals surface area contributed by atoms with Crippen LogP contribution in [0.1, 0.15) is 36.0 Å². The number of piperidine rings is 1. The predicted molar refractivity (Wildman–Crippen MR) is 98.7 cm³/mol. The van der Waals surface area contributed by atoms with E-state index in [4.69, 9.17) is 0 Å². The number of carbonyl (C=O) groups excluding carboxylic acids is 1. The summed E-state index contributed by atoms with van der Waals surface area (Å²) in [5, 5.41) is 6.06. The summed E-state index contributed by atoms with van der Waals surface area (Å²) in [4.78, 5) is 33.9. The Balaban J connectivity index is 1.35. The average Bonchev–Trinajstić information content (AvgIpc) is 3.18. The summed E-state index contributed by atoms with van der Waals surface area (Å²) in [6, 6.07) is 1.80. The van der Waals surface area contributed by atoms with Crippen LogP contribution < -0.4 is 5.56 Å². The first kappa shape index (κ1) is 15.7. The minimum atomic E-state index is -0.189. The van der Waals surface area contributed by atoms with Gasteiger partial charge in [-0.25, -0.2) is 9.67 Å². The molecular formula is C18H19N5O2S. The maximum atomic E-state index is 12.8. The third-order valence-corrected chi connectivity index (χ3v) is 6.37. The van der Waals surface area contributed by atoms with Crippen molar-refractivity contribution in [3.05, 3.63) is 39.8 Å². The lowest BCUT2D eigenvalue weighted by atomic mass is 9.92. The van der Waals surface area contributed by atoms with Crippen molar-refractivity contribution >= 4 is 27.5 Å². The highest BCUT2D eigenvalue weighted by Gasteiger charge is 2.34. The van der Waals surface area contributed by atoms with E-state index in [1.54, 1.807) is 18.5 Å². The van der Waals surface area contributed by atoms with E-state index in [2.05, 4.69) is 15.1 Å². The third kappa shape index (κ3) is 2.74. The van der Waals surface area contributed by atoms with E-state index in [0.717, 1.165) is 37.8 Å². The van der Waals surface area contributed by atoms with Gasteiger partial charge in [0, 0.05) is 19.3 Å². The molecule has 0 bridgehead atoms. The van der Waals surface area contributed by atoms with Crippen molar-refractivity contribution in [2.24, 2.45) is 11.8 Å². The molecule has 1 aliphatic carbocycles. The molecule has 1 aliphatic heterocycles. The molecule has 0 aromatic carbocycles. The van der Waals surface area contributed by atoms with Gasteiger partial charge in [-0.05, 0) is 49.0 Å². The van der Waals surface area contributed by atoms with Crippen LogP contribution in [0.4, 0.5) is 0 Å². The van der Waals surface area contributed by atoms with Gasteiger partial charge in [-0.2, -0.15) is 5.10 Å². The number of hydrogen-bond acceptors (Lipinski definition) is 5. The molecule has 7 nitrogen and oxygen atoms in total. The van der Waals surface area contributed by atoms with E-state index < -0.39 is 0 Å². The summed E-state index contributed by atoms with van der Waals surface area (Å²) >= 11 is 1.36. The van der Waals surface area contributed by atoms with Gasteiger partial charge in [-0.15, -0.1) is 11.3 Å². The van der Waals surface area contributed by atoms with E-state index in [1.807, 2.05) is 10.3 Å². The van der Waals surface area contributed by atoms with Crippen molar-refractivity contribution < 1.29 is 4.79 Å². The van der Waals surface area contributed by atoms with Gasteiger partial charge in [0.15, 0.2) is 0 Å². The Bertz CT molecular complexity index is 1020. The fourth-order valence-corrected chi connectivity index (χ4v) is 4.57. The first-order chi connectivity index (χ1) is 12.7. The van der Waals surface area contributed by atoms with E-state index in [-0.39, 0.29) is 11.5 Å². The summed E-state index contributed by atoms with van der Waals surface area (Å²) in [7, 11) is 0. The minimum absolute atomic E-state index is 0.00413. The Kier molecular flexibility index (Phi) is 3.66. The van der Waals surface area contributed by atoms with Crippen LogP contribution in [0.25, 0.3) is 16.2 Å². The zero-order valence-electron chi connectivity index (χ0n) is 14.2. The van der Waals surface area contributed by atoms with Crippen LogP contribution in [0, 0.1) is 11.8 Å². The maximum absolute atomic E-state index is 12.8. The summed E-state index contributed by atoms with van der Waals surface area (Å²) < 4.78 is 2.05. The fraction of sp³-hybridized carbons (Fsp3) is 0.444. The number of aromatic amines is 1. The number of thiophene rings is 1. The molecule has 8 heteroatoms. The van der Waals surface area contributed by atoms with Gasteiger partial charge < -0.3 is 4.90 Å². The highest BCUT2D eigenvalue weighted by atomic mass is 32.1. The number of nitrogens with zero attached hydrogens (tertiary/aromatic N) is 4. The molecule has 3 aromatic rings. The van der Waals surface area contributed by atoms with Crippen molar-refractivity contribution in [2.45, 2.75) is 25.7 Å². The minimum Gasteiger partial charge on any atom is -0.339 e. The largest absolute Gasteiger partial charge is 0.339 e. The first-order valence-corrected chi connectivity index (χ1v) is 9.89. The average molecular weight is 369 g/mol. The predicted octanol–water partition coefficient (Wildman–Crippen LogP) is 2.43. The molecule has 1 saturated carbocycles. The lowest BCUT2D eigenvalue weighted by molar-refractivity contribution is 0.0680. The van der Waals surface area contributed by atoms with E-state index in [9.17, 15) is 9.59 Å². The molecule has 5 rings (SSSR count). The second-order valence-electron chi connectivity index (χ2n) is 7.17. The lowest BCUT2D eigenvalue weighted by Gasteiger charge is -2.31. The van der Waals surface area contributed by atoms with Gasteiger partial charge in [0.1, 0.15) is 4.70 Å². The molecule has 1 N–H and O–H groups in total. The van der Waals surface area contributed by atoms with E-state index >= 15 is 0 Å². The SMILES string of the molecule is O=C(c1cnn(-c2nc3ccsc3c(=O)[nH]2)c1)N1CCC(C2CC2)CC1. The summed E-state index contributed by atoms with van der Waals surface area (Å²) in [5.41, 5.74) is 0.979. The van der Waals surface area contributed by atoms with Crippen molar-refractivity contribution in [3.8, 4) is 5.95 Å². The molecule has 134 valence electrons. The standard InChI is InChI=1S/C18H19N5O2S/c24-16-15-14(5-8-26-15)20-18(21-16)23-10-13(9-19-23)17(25)22-6-3-12(4-7-22)11-1-2-11/h5,8-12H,1-4,6-7H2,(H,20,21,24). The second kappa shape index (κ2) is 6.05. The Morgan fingerprint density at radius 1 is 1.19 bits per heavy atom. The monoisotopic (exact) mass is 369 g/mol. The van der Waals surface area contributed by atoms with Gasteiger partial charge in [0.25, 0.3) is 11.5 Å². The number of carbonyl (C=O) groups is 1. The molecule has 0 atom stereocenters. The van der Waals surface area contributed by atoms with Gasteiger partial charge in [-0.1, -0.05) is 0 Å². The number of nitrogens with one attached hydrogen (secondary N) is 1. The quantitative estimate of drug-likeness (QED) is 0.768. The number of likely N-dealkylation sites (tertiary alicyclic amines) is 1. The van der Waals surface area contributed by atoms with Crippen LogP contribution in [-0.2, 0) is 0 Å². The Morgan fingerprint density at radius 2 is 1.96 bits per heavy atom. The molecule has 0 unspecified atom stereocenters. The molecule has 2 fully saturated rings. The van der Waals surface area contributed by atoms with E-state index in [1.165, 1.54) is 28.9 Å². The van der Waals surface area contributed by atoms with Gasteiger partial charge in [0.05, 0.1) is 17.3 Å². The number of amides is 1. The molecule has 0 spiro atoms. The molecule has 4 heterocycles. The maximum Gasteiger partial charge on any atom is 0.270 e. The first-order valence-electron chi connectivity index (χ1n) is 9.01. The topological polar surface area (TPSA) is 83.9 Å². The van der Waals surface area contributed by atoms with Crippen molar-refractivity contribution in [3.63, 3.8) is 0 Å². The van der Waals surface area contributed by atoms with Gasteiger partial charge in [0.2, 0.25) is 5.95 Å².